The average molecular weight is 320 g/mol. The van der Waals surface area contributed by atoms with Gasteiger partial charge in [0.2, 0.25) is 0 Å². The second-order valence-electron chi connectivity index (χ2n) is 6.82. The van der Waals surface area contributed by atoms with Gasteiger partial charge in [0.15, 0.2) is 11.5 Å². The van der Waals surface area contributed by atoms with Gasteiger partial charge in [-0.15, -0.1) is 0 Å². The Morgan fingerprint density at radius 2 is 2.09 bits per heavy atom. The van der Waals surface area contributed by atoms with Crippen LogP contribution in [0.5, 0.6) is 11.5 Å². The van der Waals surface area contributed by atoms with Crippen molar-refractivity contribution in [3.05, 3.63) is 35.4 Å². The molecular formula is C18H24O5. The van der Waals surface area contributed by atoms with Gasteiger partial charge in [0.1, 0.15) is 6.10 Å². The fourth-order valence-electron chi connectivity index (χ4n) is 3.68. The molecule has 5 atom stereocenters. The van der Waals surface area contributed by atoms with E-state index in [2.05, 4.69) is 0 Å². The zero-order chi connectivity index (χ0) is 16.8. The predicted octanol–water partition coefficient (Wildman–Crippen LogP) is 2.31. The highest BCUT2D eigenvalue weighted by Gasteiger charge is 2.49. The second-order valence-corrected chi connectivity index (χ2v) is 6.82. The van der Waals surface area contributed by atoms with Crippen LogP contribution in [-0.4, -0.2) is 40.2 Å². The van der Waals surface area contributed by atoms with E-state index in [4.69, 9.17) is 9.47 Å². The maximum absolute atomic E-state index is 10.9. The van der Waals surface area contributed by atoms with Crippen molar-refractivity contribution in [2.24, 2.45) is 5.92 Å². The SMILES string of the molecule is COc1cc(C2CC(C)(O)C3CC=C(C)C(O)C3O2)ccc1O. The van der Waals surface area contributed by atoms with Gasteiger partial charge in [-0.05, 0) is 43.5 Å². The number of aliphatic hydroxyl groups excluding tert-OH is 1. The standard InChI is InChI=1S/C18H24O5/c1-10-4-6-12-17(16(10)20)23-15(9-18(12,2)21)11-5-7-13(19)14(8-11)22-3/h4-5,7-8,12,15-17,19-21H,6,9H2,1-3H3. The van der Waals surface area contributed by atoms with Crippen LogP contribution < -0.4 is 4.74 Å². The largest absolute Gasteiger partial charge is 0.504 e. The van der Waals surface area contributed by atoms with Crippen LogP contribution >= 0.6 is 0 Å². The van der Waals surface area contributed by atoms with Gasteiger partial charge in [-0.1, -0.05) is 12.1 Å². The summed E-state index contributed by atoms with van der Waals surface area (Å²) >= 11 is 0. The maximum Gasteiger partial charge on any atom is 0.160 e. The van der Waals surface area contributed by atoms with Gasteiger partial charge in [-0.3, -0.25) is 0 Å². The van der Waals surface area contributed by atoms with E-state index in [1.165, 1.54) is 7.11 Å². The summed E-state index contributed by atoms with van der Waals surface area (Å²) in [5, 5.41) is 31.1. The van der Waals surface area contributed by atoms with E-state index in [0.717, 1.165) is 11.1 Å². The third-order valence-corrected chi connectivity index (χ3v) is 5.16. The molecule has 126 valence electrons. The van der Waals surface area contributed by atoms with Crippen LogP contribution in [0.25, 0.3) is 0 Å². The lowest BCUT2D eigenvalue weighted by Crippen LogP contribution is -2.55. The topological polar surface area (TPSA) is 79.2 Å². The van der Waals surface area contributed by atoms with Gasteiger partial charge in [0, 0.05) is 12.3 Å². The Kier molecular flexibility index (Phi) is 4.12. The normalized spacial score (nSPS) is 37.0. The first kappa shape index (κ1) is 16.3. The molecule has 0 aromatic heterocycles. The number of aliphatic hydroxyl groups is 2. The van der Waals surface area contributed by atoms with Crippen LogP contribution in [0.2, 0.25) is 0 Å². The Morgan fingerprint density at radius 1 is 1.35 bits per heavy atom. The summed E-state index contributed by atoms with van der Waals surface area (Å²) in [6.45, 7) is 3.69. The summed E-state index contributed by atoms with van der Waals surface area (Å²) in [6.07, 6.45) is 1.61. The maximum atomic E-state index is 10.9. The van der Waals surface area contributed by atoms with E-state index in [-0.39, 0.29) is 17.8 Å². The number of methoxy groups -OCH3 is 1. The first-order chi connectivity index (χ1) is 10.8. The number of fused-ring (bicyclic) bond motifs is 1. The lowest BCUT2D eigenvalue weighted by atomic mass is 9.70. The Balaban J connectivity index is 1.92. The van der Waals surface area contributed by atoms with Gasteiger partial charge in [-0.25, -0.2) is 0 Å². The molecule has 5 heteroatoms. The number of hydrogen-bond donors (Lipinski definition) is 3. The molecule has 0 spiro atoms. The molecule has 3 N–H and O–H groups in total. The highest BCUT2D eigenvalue weighted by Crippen LogP contribution is 2.47. The van der Waals surface area contributed by atoms with Crippen molar-refractivity contribution in [3.63, 3.8) is 0 Å². The highest BCUT2D eigenvalue weighted by molar-refractivity contribution is 5.42. The second kappa shape index (κ2) is 5.82. The number of rotatable bonds is 2. The van der Waals surface area contributed by atoms with Crippen molar-refractivity contribution >= 4 is 0 Å². The fourth-order valence-corrected chi connectivity index (χ4v) is 3.68. The van der Waals surface area contributed by atoms with Crippen molar-refractivity contribution < 1.29 is 24.8 Å². The smallest absolute Gasteiger partial charge is 0.160 e. The van der Waals surface area contributed by atoms with E-state index >= 15 is 0 Å². The molecule has 5 unspecified atom stereocenters. The number of phenols is 1. The number of hydrogen-bond acceptors (Lipinski definition) is 5. The van der Waals surface area contributed by atoms with Gasteiger partial charge < -0.3 is 24.8 Å². The highest BCUT2D eigenvalue weighted by atomic mass is 16.5. The van der Waals surface area contributed by atoms with Gasteiger partial charge in [-0.2, -0.15) is 0 Å². The number of aromatic hydroxyl groups is 1. The number of ether oxygens (including phenoxy) is 2. The van der Waals surface area contributed by atoms with Crippen LogP contribution in [0.15, 0.2) is 29.8 Å². The Bertz CT molecular complexity index is 622. The third-order valence-electron chi connectivity index (χ3n) is 5.16. The predicted molar refractivity (Wildman–Crippen MR) is 85.4 cm³/mol. The Morgan fingerprint density at radius 3 is 2.78 bits per heavy atom. The average Bonchev–Trinajstić information content (AvgIpc) is 2.51. The number of benzene rings is 1. The van der Waals surface area contributed by atoms with E-state index in [1.54, 1.807) is 25.1 Å². The zero-order valence-electron chi connectivity index (χ0n) is 13.7. The van der Waals surface area contributed by atoms with E-state index in [1.807, 2.05) is 13.0 Å². The summed E-state index contributed by atoms with van der Waals surface area (Å²) in [4.78, 5) is 0. The molecule has 1 aromatic rings. The lowest BCUT2D eigenvalue weighted by Gasteiger charge is -2.49. The molecule has 0 saturated carbocycles. The molecule has 1 heterocycles. The number of allylic oxidation sites excluding steroid dienone is 1. The number of phenolic OH excluding ortho intramolecular Hbond substituents is 1. The molecule has 0 bridgehead atoms. The Hall–Kier alpha value is -1.56. The van der Waals surface area contributed by atoms with Crippen molar-refractivity contribution in [2.45, 2.75) is 50.6 Å². The van der Waals surface area contributed by atoms with Crippen molar-refractivity contribution in [3.8, 4) is 11.5 Å². The lowest BCUT2D eigenvalue weighted by molar-refractivity contribution is -0.206. The molecule has 5 nitrogen and oxygen atoms in total. The molecule has 1 fully saturated rings. The van der Waals surface area contributed by atoms with Crippen LogP contribution in [0, 0.1) is 5.92 Å². The third kappa shape index (κ3) is 2.84. The summed E-state index contributed by atoms with van der Waals surface area (Å²) in [5.41, 5.74) is 0.764. The van der Waals surface area contributed by atoms with Gasteiger partial charge >= 0.3 is 0 Å². The van der Waals surface area contributed by atoms with Gasteiger partial charge in [0.05, 0.1) is 24.9 Å². The summed E-state index contributed by atoms with van der Waals surface area (Å²) in [6, 6.07) is 5.03. The van der Waals surface area contributed by atoms with Crippen molar-refractivity contribution in [1.29, 1.82) is 0 Å². The fraction of sp³-hybridized carbons (Fsp3) is 0.556. The van der Waals surface area contributed by atoms with Crippen LogP contribution in [0.4, 0.5) is 0 Å². The molecule has 23 heavy (non-hydrogen) atoms. The minimum Gasteiger partial charge on any atom is -0.504 e. The van der Waals surface area contributed by atoms with E-state index in [9.17, 15) is 15.3 Å². The van der Waals surface area contributed by atoms with Crippen molar-refractivity contribution in [1.82, 2.24) is 0 Å². The van der Waals surface area contributed by atoms with Crippen LogP contribution in [0.3, 0.4) is 0 Å². The summed E-state index contributed by atoms with van der Waals surface area (Å²) in [7, 11) is 1.49. The van der Waals surface area contributed by atoms with Gasteiger partial charge in [0.25, 0.3) is 0 Å². The molecule has 1 saturated heterocycles. The quantitative estimate of drug-likeness (QED) is 0.729. The Labute approximate surface area is 136 Å². The molecule has 3 rings (SSSR count). The molecular weight excluding hydrogens is 296 g/mol. The monoisotopic (exact) mass is 320 g/mol. The molecule has 2 aliphatic rings. The molecule has 1 aliphatic carbocycles. The molecule has 1 aromatic carbocycles. The van der Waals surface area contributed by atoms with E-state index in [0.29, 0.717) is 18.6 Å². The summed E-state index contributed by atoms with van der Waals surface area (Å²) < 4.78 is 11.3. The van der Waals surface area contributed by atoms with Crippen LogP contribution in [-0.2, 0) is 4.74 Å². The molecule has 1 aliphatic heterocycles. The first-order valence-corrected chi connectivity index (χ1v) is 7.93. The molecule has 0 amide bonds. The van der Waals surface area contributed by atoms with E-state index < -0.39 is 17.8 Å². The molecule has 0 radical (unpaired) electrons. The minimum atomic E-state index is -0.934. The summed E-state index contributed by atoms with van der Waals surface area (Å²) in [5.74, 6) is 0.303. The van der Waals surface area contributed by atoms with Crippen molar-refractivity contribution in [2.75, 3.05) is 7.11 Å². The first-order valence-electron chi connectivity index (χ1n) is 7.93. The minimum absolute atomic E-state index is 0.0631. The van der Waals surface area contributed by atoms with Crippen LogP contribution in [0.1, 0.15) is 38.4 Å². The zero-order valence-corrected chi connectivity index (χ0v) is 13.7.